The van der Waals surface area contributed by atoms with E-state index in [1.807, 2.05) is 4.90 Å². The fraction of sp³-hybridized carbons (Fsp3) is 0.500. The lowest BCUT2D eigenvalue weighted by Crippen LogP contribution is -2.33. The molecular weight excluding hydrogens is 263 g/mol. The second-order valence-electron chi connectivity index (χ2n) is 3.63. The maximum Gasteiger partial charge on any atom is 0.166 e. The summed E-state index contributed by atoms with van der Waals surface area (Å²) in [6.45, 7) is 0.813. The lowest BCUT2D eigenvalue weighted by molar-refractivity contribution is 0.265. The van der Waals surface area contributed by atoms with Gasteiger partial charge in [0.1, 0.15) is 0 Å². The number of halogens is 2. The Morgan fingerprint density at radius 1 is 1.67 bits per heavy atom. The Kier molecular flexibility index (Phi) is 3.21. The Labute approximate surface area is 96.1 Å². The van der Waals surface area contributed by atoms with E-state index in [-0.39, 0.29) is 18.5 Å². The van der Waals surface area contributed by atoms with E-state index in [0.29, 0.717) is 10.3 Å². The van der Waals surface area contributed by atoms with Gasteiger partial charge in [-0.05, 0) is 34.8 Å². The molecule has 1 N–H and O–H groups in total. The van der Waals surface area contributed by atoms with Crippen LogP contribution in [0.4, 0.5) is 10.2 Å². The van der Waals surface area contributed by atoms with Crippen molar-refractivity contribution in [1.29, 1.82) is 0 Å². The first-order valence-corrected chi connectivity index (χ1v) is 5.70. The van der Waals surface area contributed by atoms with Crippen LogP contribution in [-0.4, -0.2) is 29.3 Å². The zero-order chi connectivity index (χ0) is 10.8. The molecule has 5 heteroatoms. The van der Waals surface area contributed by atoms with E-state index in [2.05, 4.69) is 20.9 Å². The molecule has 1 aromatic rings. The number of nitrogens with zero attached hydrogens (tertiary/aromatic N) is 2. The van der Waals surface area contributed by atoms with E-state index >= 15 is 0 Å². The zero-order valence-corrected chi connectivity index (χ0v) is 9.74. The van der Waals surface area contributed by atoms with Gasteiger partial charge < -0.3 is 10.0 Å². The van der Waals surface area contributed by atoms with Gasteiger partial charge in [0, 0.05) is 17.2 Å². The summed E-state index contributed by atoms with van der Waals surface area (Å²) in [6.07, 6.45) is 3.45. The molecule has 2 rings (SSSR count). The number of hydrogen-bond acceptors (Lipinski definition) is 3. The molecule has 2 heterocycles. The van der Waals surface area contributed by atoms with Crippen LogP contribution in [0.1, 0.15) is 12.8 Å². The van der Waals surface area contributed by atoms with Crippen LogP contribution in [-0.2, 0) is 0 Å². The minimum absolute atomic E-state index is 0.00757. The lowest BCUT2D eigenvalue weighted by Gasteiger charge is -2.24. The average molecular weight is 275 g/mol. The van der Waals surface area contributed by atoms with Gasteiger partial charge in [0.05, 0.1) is 12.6 Å². The summed E-state index contributed by atoms with van der Waals surface area (Å²) in [5, 5.41) is 9.14. The van der Waals surface area contributed by atoms with Gasteiger partial charge in [-0.25, -0.2) is 9.37 Å². The van der Waals surface area contributed by atoms with E-state index in [0.717, 1.165) is 19.4 Å². The third kappa shape index (κ3) is 2.13. The summed E-state index contributed by atoms with van der Waals surface area (Å²) in [6, 6.07) is 1.41. The minimum atomic E-state index is -0.343. The highest BCUT2D eigenvalue weighted by atomic mass is 79.9. The second kappa shape index (κ2) is 4.45. The van der Waals surface area contributed by atoms with Gasteiger partial charge in [-0.1, -0.05) is 0 Å². The number of rotatable bonds is 2. The Morgan fingerprint density at radius 3 is 3.13 bits per heavy atom. The highest BCUT2D eigenvalue weighted by molar-refractivity contribution is 9.10. The summed E-state index contributed by atoms with van der Waals surface area (Å²) in [4.78, 5) is 5.89. The quantitative estimate of drug-likeness (QED) is 0.896. The van der Waals surface area contributed by atoms with Crippen molar-refractivity contribution in [2.24, 2.45) is 0 Å². The van der Waals surface area contributed by atoms with Gasteiger partial charge in [0.15, 0.2) is 11.6 Å². The van der Waals surface area contributed by atoms with E-state index < -0.39 is 0 Å². The molecule has 1 saturated heterocycles. The highest BCUT2D eigenvalue weighted by Gasteiger charge is 2.26. The molecule has 82 valence electrons. The van der Waals surface area contributed by atoms with Gasteiger partial charge in [0.2, 0.25) is 0 Å². The van der Waals surface area contributed by atoms with Crippen LogP contribution in [0, 0.1) is 5.82 Å². The summed E-state index contributed by atoms with van der Waals surface area (Å²) in [5.74, 6) is -0.000486. The minimum Gasteiger partial charge on any atom is -0.394 e. The van der Waals surface area contributed by atoms with Crippen LogP contribution in [0.5, 0.6) is 0 Å². The van der Waals surface area contributed by atoms with Gasteiger partial charge in [-0.15, -0.1) is 0 Å². The van der Waals surface area contributed by atoms with E-state index in [1.54, 1.807) is 6.20 Å². The van der Waals surface area contributed by atoms with Gasteiger partial charge in [0.25, 0.3) is 0 Å². The number of hydrogen-bond donors (Lipinski definition) is 1. The molecule has 0 spiro atoms. The van der Waals surface area contributed by atoms with Crippen LogP contribution in [0.15, 0.2) is 16.7 Å². The molecule has 3 nitrogen and oxygen atoms in total. The molecule has 15 heavy (non-hydrogen) atoms. The highest BCUT2D eigenvalue weighted by Crippen LogP contribution is 2.27. The first-order valence-electron chi connectivity index (χ1n) is 4.91. The molecule has 1 aliphatic heterocycles. The van der Waals surface area contributed by atoms with Crippen molar-refractivity contribution >= 4 is 21.7 Å². The molecule has 1 atom stereocenters. The molecule has 1 fully saturated rings. The third-order valence-electron chi connectivity index (χ3n) is 2.65. The Bertz CT molecular complexity index is 361. The smallest absolute Gasteiger partial charge is 0.166 e. The number of aliphatic hydroxyl groups is 1. The molecule has 1 aliphatic rings. The van der Waals surface area contributed by atoms with Crippen molar-refractivity contribution in [3.05, 3.63) is 22.6 Å². The van der Waals surface area contributed by atoms with Crippen LogP contribution in [0.2, 0.25) is 0 Å². The van der Waals surface area contributed by atoms with Crippen molar-refractivity contribution < 1.29 is 9.50 Å². The van der Waals surface area contributed by atoms with Crippen molar-refractivity contribution in [2.75, 3.05) is 18.1 Å². The molecule has 0 amide bonds. The molecule has 0 saturated carbocycles. The van der Waals surface area contributed by atoms with Crippen molar-refractivity contribution in [3.63, 3.8) is 0 Å². The standard InChI is InChI=1S/C10H12BrFN2O/c11-7-4-9(12)10(13-5-7)14-3-1-2-8(14)6-15/h4-5,8,15H,1-3,6H2. The predicted molar refractivity (Wildman–Crippen MR) is 59.3 cm³/mol. The van der Waals surface area contributed by atoms with Gasteiger partial charge >= 0.3 is 0 Å². The lowest BCUT2D eigenvalue weighted by atomic mass is 10.2. The van der Waals surface area contributed by atoms with Crippen molar-refractivity contribution in [2.45, 2.75) is 18.9 Å². The molecular formula is C10H12BrFN2O. The fourth-order valence-corrected chi connectivity index (χ4v) is 2.23. The fourth-order valence-electron chi connectivity index (χ4n) is 1.92. The first-order chi connectivity index (χ1) is 7.22. The van der Waals surface area contributed by atoms with Crippen molar-refractivity contribution in [3.8, 4) is 0 Å². The molecule has 0 aromatic carbocycles. The van der Waals surface area contributed by atoms with Gasteiger partial charge in [-0.2, -0.15) is 0 Å². The number of aromatic nitrogens is 1. The monoisotopic (exact) mass is 274 g/mol. The summed E-state index contributed by atoms with van der Waals surface area (Å²) < 4.78 is 14.2. The Hall–Kier alpha value is -0.680. The summed E-state index contributed by atoms with van der Waals surface area (Å²) >= 11 is 3.17. The van der Waals surface area contributed by atoms with Gasteiger partial charge in [-0.3, -0.25) is 0 Å². The van der Waals surface area contributed by atoms with Crippen LogP contribution < -0.4 is 4.90 Å². The SMILES string of the molecule is OCC1CCCN1c1ncc(Br)cc1F. The molecule has 0 aliphatic carbocycles. The Morgan fingerprint density at radius 2 is 2.47 bits per heavy atom. The van der Waals surface area contributed by atoms with E-state index in [1.165, 1.54) is 6.07 Å². The molecule has 1 aromatic heterocycles. The predicted octanol–water partition coefficient (Wildman–Crippen LogP) is 1.94. The molecule has 1 unspecified atom stereocenters. The zero-order valence-electron chi connectivity index (χ0n) is 8.16. The summed E-state index contributed by atoms with van der Waals surface area (Å²) in [7, 11) is 0. The average Bonchev–Trinajstić information content (AvgIpc) is 2.65. The topological polar surface area (TPSA) is 36.4 Å². The normalized spacial score (nSPS) is 21.0. The number of anilines is 1. The van der Waals surface area contributed by atoms with E-state index in [4.69, 9.17) is 5.11 Å². The van der Waals surface area contributed by atoms with E-state index in [9.17, 15) is 4.39 Å². The van der Waals surface area contributed by atoms with Crippen molar-refractivity contribution in [1.82, 2.24) is 4.98 Å². The summed E-state index contributed by atoms with van der Waals surface area (Å²) in [5.41, 5.74) is 0. The Balaban J connectivity index is 2.28. The molecule has 0 bridgehead atoms. The van der Waals surface area contributed by atoms with Crippen LogP contribution in [0.3, 0.4) is 0 Å². The van der Waals surface area contributed by atoms with Crippen LogP contribution >= 0.6 is 15.9 Å². The third-order valence-corrected chi connectivity index (χ3v) is 3.08. The maximum absolute atomic E-state index is 13.6. The number of aliphatic hydroxyl groups excluding tert-OH is 1. The second-order valence-corrected chi connectivity index (χ2v) is 4.55. The largest absolute Gasteiger partial charge is 0.394 e. The maximum atomic E-state index is 13.6. The first kappa shape index (κ1) is 10.8. The number of pyridine rings is 1. The van der Waals surface area contributed by atoms with Crippen LogP contribution in [0.25, 0.3) is 0 Å². The molecule has 0 radical (unpaired) electrons.